The fourth-order valence-electron chi connectivity index (χ4n) is 3.36. The van der Waals surface area contributed by atoms with Gasteiger partial charge in [-0.15, -0.1) is 0 Å². The molecule has 0 aliphatic rings. The summed E-state index contributed by atoms with van der Waals surface area (Å²) in [5.41, 5.74) is 0.208. The van der Waals surface area contributed by atoms with E-state index in [-0.39, 0.29) is 17.0 Å². The summed E-state index contributed by atoms with van der Waals surface area (Å²) in [6.45, 7) is 5.36. The van der Waals surface area contributed by atoms with Gasteiger partial charge in [0.1, 0.15) is 17.3 Å². The molecule has 0 unspecified atom stereocenters. The molecule has 0 aliphatic carbocycles. The summed E-state index contributed by atoms with van der Waals surface area (Å²) in [5, 5.41) is 13.1. The van der Waals surface area contributed by atoms with Crippen LogP contribution in [0.2, 0.25) is 0 Å². The second-order valence-corrected chi connectivity index (χ2v) is 8.02. The van der Waals surface area contributed by atoms with Crippen molar-refractivity contribution in [3.63, 3.8) is 0 Å². The number of nitriles is 1. The Labute approximate surface area is 188 Å². The van der Waals surface area contributed by atoms with E-state index < -0.39 is 17.2 Å². The Balaban J connectivity index is 1.74. The van der Waals surface area contributed by atoms with Crippen LogP contribution >= 0.6 is 0 Å². The molecule has 3 heterocycles. The van der Waals surface area contributed by atoms with Crippen molar-refractivity contribution in [3.05, 3.63) is 71.7 Å². The topological polar surface area (TPSA) is 87.4 Å². The number of rotatable bonds is 4. The van der Waals surface area contributed by atoms with Gasteiger partial charge in [0.25, 0.3) is 0 Å². The van der Waals surface area contributed by atoms with Crippen molar-refractivity contribution in [1.29, 1.82) is 5.26 Å². The fourth-order valence-corrected chi connectivity index (χ4v) is 3.36. The van der Waals surface area contributed by atoms with E-state index in [0.29, 0.717) is 17.0 Å². The first-order valence-electron chi connectivity index (χ1n) is 10.1. The molecule has 0 amide bonds. The summed E-state index contributed by atoms with van der Waals surface area (Å²) in [6.07, 6.45) is -3.26. The van der Waals surface area contributed by atoms with Crippen molar-refractivity contribution in [3.8, 4) is 17.5 Å². The zero-order valence-corrected chi connectivity index (χ0v) is 18.1. The number of benzene rings is 1. The first-order valence-corrected chi connectivity index (χ1v) is 10.1. The lowest BCUT2D eigenvalue weighted by atomic mass is 9.86. The van der Waals surface area contributed by atoms with Gasteiger partial charge in [-0.05, 0) is 62.7 Å². The van der Waals surface area contributed by atoms with Gasteiger partial charge in [-0.3, -0.25) is 4.98 Å². The van der Waals surface area contributed by atoms with Crippen molar-refractivity contribution in [2.24, 2.45) is 0 Å². The Bertz CT molecular complexity index is 1370. The molecule has 4 rings (SSSR count). The Morgan fingerprint density at radius 3 is 2.33 bits per heavy atom. The van der Waals surface area contributed by atoms with Crippen molar-refractivity contribution in [1.82, 2.24) is 19.9 Å². The average Bonchev–Trinajstić information content (AvgIpc) is 2.78. The van der Waals surface area contributed by atoms with Crippen LogP contribution in [0.15, 0.2) is 54.7 Å². The van der Waals surface area contributed by atoms with Crippen LogP contribution in [0.25, 0.3) is 22.4 Å². The highest BCUT2D eigenvalue weighted by atomic mass is 19.4. The quantitative estimate of drug-likeness (QED) is 0.415. The number of aromatic nitrogens is 4. The van der Waals surface area contributed by atoms with E-state index in [1.807, 2.05) is 38.1 Å². The molecule has 0 saturated heterocycles. The third-order valence-corrected chi connectivity index (χ3v) is 5.18. The van der Waals surface area contributed by atoms with Crippen LogP contribution in [0.4, 0.5) is 24.7 Å². The predicted octanol–water partition coefficient (Wildman–Crippen LogP) is 5.96. The number of alkyl halides is 3. The van der Waals surface area contributed by atoms with Gasteiger partial charge in [-0.25, -0.2) is 15.0 Å². The van der Waals surface area contributed by atoms with Crippen LogP contribution in [-0.4, -0.2) is 19.9 Å². The first-order chi connectivity index (χ1) is 15.6. The SMILES string of the molecule is Cc1nc(Nc2ccc(C(C)(C)C#N)cc2)c2ccc(-c3ncccc3C(F)(F)F)nc2n1. The van der Waals surface area contributed by atoms with Crippen molar-refractivity contribution >= 4 is 22.5 Å². The molecule has 3 aromatic heterocycles. The Morgan fingerprint density at radius 2 is 1.67 bits per heavy atom. The predicted molar refractivity (Wildman–Crippen MR) is 119 cm³/mol. The molecule has 0 saturated carbocycles. The number of nitrogens with zero attached hydrogens (tertiary/aromatic N) is 5. The van der Waals surface area contributed by atoms with Crippen LogP contribution in [0.5, 0.6) is 0 Å². The van der Waals surface area contributed by atoms with Crippen molar-refractivity contribution < 1.29 is 13.2 Å². The lowest BCUT2D eigenvalue weighted by molar-refractivity contribution is -0.137. The maximum atomic E-state index is 13.4. The third-order valence-electron chi connectivity index (χ3n) is 5.18. The average molecular weight is 448 g/mol. The van der Waals surface area contributed by atoms with Crippen molar-refractivity contribution in [2.45, 2.75) is 32.4 Å². The summed E-state index contributed by atoms with van der Waals surface area (Å²) in [5.74, 6) is 0.884. The molecule has 166 valence electrons. The monoisotopic (exact) mass is 448 g/mol. The fraction of sp³-hybridized carbons (Fsp3) is 0.208. The minimum absolute atomic E-state index is 0.0718. The van der Waals surface area contributed by atoms with Gasteiger partial charge in [-0.2, -0.15) is 18.4 Å². The number of aryl methyl sites for hydroxylation is 1. The minimum Gasteiger partial charge on any atom is -0.340 e. The van der Waals surface area contributed by atoms with Gasteiger partial charge < -0.3 is 5.32 Å². The molecular weight excluding hydrogens is 429 g/mol. The Kier molecular flexibility index (Phi) is 5.46. The molecule has 0 atom stereocenters. The molecule has 33 heavy (non-hydrogen) atoms. The Hall–Kier alpha value is -4.06. The van der Waals surface area contributed by atoms with Gasteiger partial charge in [-0.1, -0.05) is 12.1 Å². The lowest BCUT2D eigenvalue weighted by Gasteiger charge is -2.16. The number of hydrogen-bond donors (Lipinski definition) is 1. The summed E-state index contributed by atoms with van der Waals surface area (Å²) in [4.78, 5) is 17.0. The van der Waals surface area contributed by atoms with Crippen LogP contribution < -0.4 is 5.32 Å². The molecule has 1 aromatic carbocycles. The van der Waals surface area contributed by atoms with Crippen LogP contribution in [-0.2, 0) is 11.6 Å². The summed E-state index contributed by atoms with van der Waals surface area (Å²) < 4.78 is 40.3. The minimum atomic E-state index is -4.55. The second kappa shape index (κ2) is 8.13. The number of pyridine rings is 2. The number of fused-ring (bicyclic) bond motifs is 1. The van der Waals surface area contributed by atoms with E-state index >= 15 is 0 Å². The van der Waals surface area contributed by atoms with Crippen LogP contribution in [0, 0.1) is 18.3 Å². The van der Waals surface area contributed by atoms with Crippen LogP contribution in [0.1, 0.15) is 30.8 Å². The van der Waals surface area contributed by atoms with Gasteiger partial charge in [0.2, 0.25) is 0 Å². The highest BCUT2D eigenvalue weighted by Gasteiger charge is 2.34. The molecule has 0 radical (unpaired) electrons. The maximum absolute atomic E-state index is 13.4. The molecule has 4 aromatic rings. The first kappa shape index (κ1) is 22.1. The summed E-state index contributed by atoms with van der Waals surface area (Å²) >= 11 is 0. The van der Waals surface area contributed by atoms with Gasteiger partial charge in [0.15, 0.2) is 5.65 Å². The largest absolute Gasteiger partial charge is 0.418 e. The lowest BCUT2D eigenvalue weighted by Crippen LogP contribution is -2.13. The van der Waals surface area contributed by atoms with E-state index in [1.54, 1.807) is 13.0 Å². The number of nitrogens with one attached hydrogen (secondary N) is 1. The molecule has 0 aliphatic heterocycles. The van der Waals surface area contributed by atoms with E-state index in [4.69, 9.17) is 0 Å². The highest BCUT2D eigenvalue weighted by Crippen LogP contribution is 2.36. The maximum Gasteiger partial charge on any atom is 0.418 e. The number of hydrogen-bond acceptors (Lipinski definition) is 6. The molecule has 0 bridgehead atoms. The zero-order chi connectivity index (χ0) is 23.8. The smallest absolute Gasteiger partial charge is 0.340 e. The molecule has 6 nitrogen and oxygen atoms in total. The summed E-state index contributed by atoms with van der Waals surface area (Å²) in [6, 6.07) is 15.0. The highest BCUT2D eigenvalue weighted by molar-refractivity contribution is 5.90. The van der Waals surface area contributed by atoms with E-state index in [2.05, 4.69) is 31.3 Å². The standard InChI is InChI=1S/C24H19F3N6/c1-14-30-21(32-16-8-6-15(7-9-16)23(2,3)13-28)17-10-11-19(33-22(17)31-14)20-18(24(25,26)27)5-4-12-29-20/h4-12H,1-3H3,(H,30,31,32,33). The molecule has 0 spiro atoms. The van der Waals surface area contributed by atoms with Crippen LogP contribution in [0.3, 0.4) is 0 Å². The normalized spacial score (nSPS) is 11.9. The van der Waals surface area contributed by atoms with Gasteiger partial charge in [0, 0.05) is 11.9 Å². The number of anilines is 2. The van der Waals surface area contributed by atoms with Gasteiger partial charge >= 0.3 is 6.18 Å². The number of halogens is 3. The van der Waals surface area contributed by atoms with E-state index in [1.165, 1.54) is 18.3 Å². The summed E-state index contributed by atoms with van der Waals surface area (Å²) in [7, 11) is 0. The molecule has 9 heteroatoms. The van der Waals surface area contributed by atoms with E-state index in [9.17, 15) is 18.4 Å². The Morgan fingerprint density at radius 1 is 0.939 bits per heavy atom. The molecule has 0 fully saturated rings. The van der Waals surface area contributed by atoms with Gasteiger partial charge in [0.05, 0.1) is 28.1 Å². The van der Waals surface area contributed by atoms with Crippen molar-refractivity contribution in [2.75, 3.05) is 5.32 Å². The molecule has 1 N–H and O–H groups in total. The zero-order valence-electron chi connectivity index (χ0n) is 18.1. The molecular formula is C24H19F3N6. The second-order valence-electron chi connectivity index (χ2n) is 8.02. The third kappa shape index (κ3) is 4.46. The van der Waals surface area contributed by atoms with E-state index in [0.717, 1.165) is 17.3 Å².